The minimum atomic E-state index is -0.184. The summed E-state index contributed by atoms with van der Waals surface area (Å²) in [5.74, 6) is 0.0335. The first-order valence-corrected chi connectivity index (χ1v) is 6.24. The Kier molecular flexibility index (Phi) is 2.94. The van der Waals surface area contributed by atoms with Crippen molar-refractivity contribution in [2.24, 2.45) is 4.99 Å². The molecule has 1 N–H and O–H groups in total. The second-order valence-corrected chi connectivity index (χ2v) is 4.58. The molecule has 0 aromatic rings. The highest BCUT2D eigenvalue weighted by molar-refractivity contribution is 6.23. The topological polar surface area (TPSA) is 53.9 Å². The molecule has 3 rings (SSSR count). The maximum Gasteiger partial charge on any atom is 0.255 e. The van der Waals surface area contributed by atoms with Crippen molar-refractivity contribution in [1.29, 1.82) is 0 Å². The molecule has 0 radical (unpaired) electrons. The van der Waals surface area contributed by atoms with Crippen molar-refractivity contribution in [1.82, 2.24) is 10.2 Å². The zero-order chi connectivity index (χ0) is 11.7. The summed E-state index contributed by atoms with van der Waals surface area (Å²) in [7, 11) is 0. The van der Waals surface area contributed by atoms with Crippen molar-refractivity contribution < 1.29 is 9.53 Å². The Hall–Kier alpha value is -1.20. The van der Waals surface area contributed by atoms with Crippen LogP contribution in [0.2, 0.25) is 0 Å². The largest absolute Gasteiger partial charge is 0.379 e. The van der Waals surface area contributed by atoms with Crippen LogP contribution >= 0.6 is 0 Å². The molecular weight excluding hydrogens is 218 g/mol. The SMILES string of the molecule is O=C1NC(N2CCOCC2)N=C2CCCC=C12. The zero-order valence-corrected chi connectivity index (χ0v) is 9.82. The summed E-state index contributed by atoms with van der Waals surface area (Å²) in [6.07, 6.45) is 4.85. The van der Waals surface area contributed by atoms with Crippen molar-refractivity contribution >= 4 is 11.6 Å². The van der Waals surface area contributed by atoms with Crippen LogP contribution in [0.25, 0.3) is 0 Å². The quantitative estimate of drug-likeness (QED) is 0.710. The minimum absolute atomic E-state index is 0.0335. The van der Waals surface area contributed by atoms with Crippen molar-refractivity contribution in [2.45, 2.75) is 25.6 Å². The molecule has 3 aliphatic rings. The lowest BCUT2D eigenvalue weighted by Gasteiger charge is -2.35. The average Bonchev–Trinajstić information content (AvgIpc) is 2.40. The molecule has 0 spiro atoms. The molecule has 17 heavy (non-hydrogen) atoms. The van der Waals surface area contributed by atoms with Gasteiger partial charge in [0.1, 0.15) is 0 Å². The summed E-state index contributed by atoms with van der Waals surface area (Å²) >= 11 is 0. The van der Waals surface area contributed by atoms with Gasteiger partial charge in [0.05, 0.1) is 24.5 Å². The number of nitrogens with zero attached hydrogens (tertiary/aromatic N) is 2. The minimum Gasteiger partial charge on any atom is -0.379 e. The van der Waals surface area contributed by atoms with Crippen molar-refractivity contribution in [3.05, 3.63) is 11.6 Å². The number of ether oxygens (including phenoxy) is 1. The van der Waals surface area contributed by atoms with Crippen LogP contribution in [0.1, 0.15) is 19.3 Å². The number of amides is 1. The van der Waals surface area contributed by atoms with Gasteiger partial charge in [0.25, 0.3) is 5.91 Å². The number of allylic oxidation sites excluding steroid dienone is 1. The van der Waals surface area contributed by atoms with Crippen LogP contribution in [0, 0.1) is 0 Å². The Labute approximate surface area is 101 Å². The highest BCUT2D eigenvalue weighted by atomic mass is 16.5. The molecule has 2 heterocycles. The molecule has 5 nitrogen and oxygen atoms in total. The summed E-state index contributed by atoms with van der Waals surface area (Å²) in [5.41, 5.74) is 1.78. The monoisotopic (exact) mass is 235 g/mol. The first kappa shape index (κ1) is 10.9. The normalized spacial score (nSPS) is 30.1. The van der Waals surface area contributed by atoms with Gasteiger partial charge in [-0.1, -0.05) is 6.08 Å². The van der Waals surface area contributed by atoms with Crippen LogP contribution in [-0.2, 0) is 9.53 Å². The third kappa shape index (κ3) is 2.12. The lowest BCUT2D eigenvalue weighted by atomic mass is 9.95. The third-order valence-electron chi connectivity index (χ3n) is 3.45. The van der Waals surface area contributed by atoms with Gasteiger partial charge < -0.3 is 10.1 Å². The molecule has 0 aromatic carbocycles. The number of morpholine rings is 1. The number of carbonyl (C=O) groups excluding carboxylic acids is 1. The molecule has 1 amide bonds. The fourth-order valence-corrected chi connectivity index (χ4v) is 2.50. The predicted octanol–water partition coefficient (Wildman–Crippen LogP) is 0.283. The molecule has 0 aromatic heterocycles. The molecule has 1 fully saturated rings. The van der Waals surface area contributed by atoms with Gasteiger partial charge in [-0.05, 0) is 19.3 Å². The molecule has 1 atom stereocenters. The van der Waals surface area contributed by atoms with Gasteiger partial charge in [-0.2, -0.15) is 0 Å². The lowest BCUT2D eigenvalue weighted by molar-refractivity contribution is -0.120. The van der Waals surface area contributed by atoms with E-state index in [2.05, 4.69) is 15.2 Å². The lowest BCUT2D eigenvalue weighted by Crippen LogP contribution is -2.54. The molecule has 2 aliphatic heterocycles. The van der Waals surface area contributed by atoms with E-state index in [-0.39, 0.29) is 12.2 Å². The fraction of sp³-hybridized carbons (Fsp3) is 0.667. The number of nitrogens with one attached hydrogen (secondary N) is 1. The molecule has 1 aliphatic carbocycles. The molecule has 1 unspecified atom stereocenters. The molecular formula is C12H17N3O2. The number of aliphatic imine (C=N–C) groups is 1. The van der Waals surface area contributed by atoms with E-state index in [1.165, 1.54) is 0 Å². The molecule has 5 heteroatoms. The number of fused-ring (bicyclic) bond motifs is 1. The van der Waals surface area contributed by atoms with Crippen LogP contribution in [0.4, 0.5) is 0 Å². The highest BCUT2D eigenvalue weighted by Crippen LogP contribution is 2.20. The first-order chi connectivity index (χ1) is 8.34. The second kappa shape index (κ2) is 4.58. The molecule has 0 saturated carbocycles. The van der Waals surface area contributed by atoms with Crippen LogP contribution in [0.15, 0.2) is 16.6 Å². The number of hydrogen-bond donors (Lipinski definition) is 1. The maximum atomic E-state index is 12.0. The summed E-state index contributed by atoms with van der Waals surface area (Å²) in [4.78, 5) is 18.8. The molecule has 0 bridgehead atoms. The summed E-state index contributed by atoms with van der Waals surface area (Å²) in [6.45, 7) is 3.11. The van der Waals surface area contributed by atoms with E-state index in [4.69, 9.17) is 4.74 Å². The standard InChI is InChI=1S/C12H17N3O2/c16-11-9-3-1-2-4-10(9)13-12(14-11)15-5-7-17-8-6-15/h3,12H,1-2,4-8H2,(H,14,16). The maximum absolute atomic E-state index is 12.0. The van der Waals surface area contributed by atoms with E-state index in [0.717, 1.165) is 56.9 Å². The van der Waals surface area contributed by atoms with E-state index in [1.54, 1.807) is 0 Å². The van der Waals surface area contributed by atoms with Gasteiger partial charge in [0, 0.05) is 13.1 Å². The van der Waals surface area contributed by atoms with Crippen molar-refractivity contribution in [3.8, 4) is 0 Å². The Morgan fingerprint density at radius 3 is 3.06 bits per heavy atom. The van der Waals surface area contributed by atoms with Gasteiger partial charge in [0.2, 0.25) is 0 Å². The Morgan fingerprint density at radius 2 is 2.24 bits per heavy atom. The number of carbonyl (C=O) groups is 1. The van der Waals surface area contributed by atoms with Gasteiger partial charge in [-0.3, -0.25) is 9.69 Å². The summed E-state index contributed by atoms with van der Waals surface area (Å²) < 4.78 is 5.31. The van der Waals surface area contributed by atoms with Gasteiger partial charge in [-0.15, -0.1) is 0 Å². The molecule has 1 saturated heterocycles. The van der Waals surface area contributed by atoms with E-state index in [0.29, 0.717) is 0 Å². The van der Waals surface area contributed by atoms with Crippen molar-refractivity contribution in [2.75, 3.05) is 26.3 Å². The fourth-order valence-electron chi connectivity index (χ4n) is 2.50. The third-order valence-corrected chi connectivity index (χ3v) is 3.45. The van der Waals surface area contributed by atoms with E-state index < -0.39 is 0 Å². The first-order valence-electron chi connectivity index (χ1n) is 6.24. The van der Waals surface area contributed by atoms with Gasteiger partial charge in [0.15, 0.2) is 6.29 Å². The Bertz CT molecular complexity index is 383. The second-order valence-electron chi connectivity index (χ2n) is 4.58. The predicted molar refractivity (Wildman–Crippen MR) is 63.7 cm³/mol. The van der Waals surface area contributed by atoms with E-state index >= 15 is 0 Å². The number of rotatable bonds is 1. The summed E-state index contributed by atoms with van der Waals surface area (Å²) in [5, 5.41) is 2.96. The average molecular weight is 235 g/mol. The smallest absolute Gasteiger partial charge is 0.255 e. The van der Waals surface area contributed by atoms with E-state index in [9.17, 15) is 4.79 Å². The van der Waals surface area contributed by atoms with Crippen molar-refractivity contribution in [3.63, 3.8) is 0 Å². The Morgan fingerprint density at radius 1 is 1.41 bits per heavy atom. The number of hydrogen-bond acceptors (Lipinski definition) is 4. The van der Waals surface area contributed by atoms with Crippen LogP contribution in [-0.4, -0.2) is 49.1 Å². The van der Waals surface area contributed by atoms with Crippen LogP contribution in [0.3, 0.4) is 0 Å². The highest BCUT2D eigenvalue weighted by Gasteiger charge is 2.30. The molecule has 92 valence electrons. The van der Waals surface area contributed by atoms with Gasteiger partial charge in [-0.25, -0.2) is 4.99 Å². The zero-order valence-electron chi connectivity index (χ0n) is 9.82. The van der Waals surface area contributed by atoms with E-state index in [1.807, 2.05) is 6.08 Å². The van der Waals surface area contributed by atoms with Crippen LogP contribution < -0.4 is 5.32 Å². The summed E-state index contributed by atoms with van der Waals surface area (Å²) in [6, 6.07) is 0. The van der Waals surface area contributed by atoms with Crippen LogP contribution in [0.5, 0.6) is 0 Å². The Balaban J connectivity index is 1.81. The van der Waals surface area contributed by atoms with Gasteiger partial charge >= 0.3 is 0 Å².